The van der Waals surface area contributed by atoms with Gasteiger partial charge in [0.15, 0.2) is 11.6 Å². The van der Waals surface area contributed by atoms with Crippen molar-refractivity contribution in [3.05, 3.63) is 42.4 Å². The number of nitrogens with zero attached hydrogens (tertiary/aromatic N) is 5. The summed E-state index contributed by atoms with van der Waals surface area (Å²) >= 11 is 0. The van der Waals surface area contributed by atoms with Crippen molar-refractivity contribution in [1.82, 2.24) is 19.8 Å². The van der Waals surface area contributed by atoms with Crippen LogP contribution in [0.25, 0.3) is 11.3 Å². The smallest absolute Gasteiger partial charge is 0.262 e. The molecule has 3 aliphatic heterocycles. The molecule has 10 nitrogen and oxygen atoms in total. The van der Waals surface area contributed by atoms with Crippen LogP contribution in [0, 0.1) is 5.82 Å². The molecule has 0 spiro atoms. The second-order valence-electron chi connectivity index (χ2n) is 9.97. The average Bonchev–Trinajstić information content (AvgIpc) is 3.04. The number of β-amino-alcohol motifs (C(OH)–C–C–N with tert-alkyl or cyclic N) is 1. The lowest BCUT2D eigenvalue weighted by atomic mass is 10.00. The van der Waals surface area contributed by atoms with Crippen molar-refractivity contribution in [1.29, 1.82) is 0 Å². The summed E-state index contributed by atoms with van der Waals surface area (Å²) in [7, 11) is 0. The number of anilines is 2. The van der Waals surface area contributed by atoms with Gasteiger partial charge in [-0.1, -0.05) is 6.58 Å². The Morgan fingerprint density at radius 2 is 2.14 bits per heavy atom. The van der Waals surface area contributed by atoms with Crippen LogP contribution in [0.15, 0.2) is 31.0 Å². The summed E-state index contributed by atoms with van der Waals surface area (Å²) in [4.78, 5) is 39.9. The Balaban J connectivity index is 1.68. The van der Waals surface area contributed by atoms with Crippen molar-refractivity contribution in [3.8, 4) is 17.0 Å². The van der Waals surface area contributed by atoms with E-state index in [9.17, 15) is 14.7 Å². The Morgan fingerprint density at radius 1 is 1.36 bits per heavy atom. The molecule has 3 N–H and O–H groups in total. The molecule has 2 saturated heterocycles. The molecule has 36 heavy (non-hydrogen) atoms. The topological polar surface area (TPSA) is 125 Å². The number of nitrogens with two attached hydrogens (primary N) is 1. The molecular formula is C25H29FN6O4. The number of carbonyl (C=O) groups excluding carboxylic acids is 2. The SMILES string of the molecule is C=CC(=O)N1CCN2C(=O)c3c(N4CC(O)CC4(C)C)nc(-c4cccnc4N)c(F)c3OC[C@H]2C1. The minimum absolute atomic E-state index is 0.00594. The zero-order valence-corrected chi connectivity index (χ0v) is 20.3. The molecule has 2 atom stereocenters. The van der Waals surface area contributed by atoms with E-state index in [4.69, 9.17) is 10.5 Å². The Labute approximate surface area is 208 Å². The summed E-state index contributed by atoms with van der Waals surface area (Å²) in [5.41, 5.74) is 5.70. The van der Waals surface area contributed by atoms with Gasteiger partial charge in [-0.3, -0.25) is 9.59 Å². The number of halogens is 1. The number of nitrogen functional groups attached to an aromatic ring is 1. The van der Waals surface area contributed by atoms with Gasteiger partial charge < -0.3 is 30.3 Å². The molecule has 5 heterocycles. The maximum atomic E-state index is 16.1. The number of hydrogen-bond donors (Lipinski definition) is 2. The van der Waals surface area contributed by atoms with Gasteiger partial charge in [0.1, 0.15) is 29.5 Å². The van der Waals surface area contributed by atoms with E-state index in [1.54, 1.807) is 21.9 Å². The van der Waals surface area contributed by atoms with Gasteiger partial charge in [0.25, 0.3) is 5.91 Å². The van der Waals surface area contributed by atoms with Crippen LogP contribution in [-0.2, 0) is 4.79 Å². The highest BCUT2D eigenvalue weighted by molar-refractivity contribution is 6.03. The molecule has 2 aromatic rings. The highest BCUT2D eigenvalue weighted by Gasteiger charge is 2.45. The number of pyridine rings is 2. The van der Waals surface area contributed by atoms with Crippen LogP contribution in [-0.4, -0.2) is 87.2 Å². The number of piperazine rings is 1. The molecule has 1 unspecified atom stereocenters. The number of amides is 2. The lowest BCUT2D eigenvalue weighted by Gasteiger charge is -2.40. The van der Waals surface area contributed by atoms with Gasteiger partial charge in [-0.05, 0) is 38.5 Å². The van der Waals surface area contributed by atoms with Gasteiger partial charge in [-0.15, -0.1) is 0 Å². The fourth-order valence-corrected chi connectivity index (χ4v) is 5.35. The number of ether oxygens (including phenoxy) is 1. The summed E-state index contributed by atoms with van der Waals surface area (Å²) in [6.45, 7) is 8.45. The van der Waals surface area contributed by atoms with E-state index < -0.39 is 29.4 Å². The number of fused-ring (bicyclic) bond motifs is 2. The number of aliphatic hydroxyl groups is 1. The Morgan fingerprint density at radius 3 is 2.81 bits per heavy atom. The Bertz CT molecular complexity index is 1250. The molecule has 190 valence electrons. The highest BCUT2D eigenvalue weighted by Crippen LogP contribution is 2.44. The zero-order valence-electron chi connectivity index (χ0n) is 20.3. The number of aliphatic hydroxyl groups excluding tert-OH is 1. The van der Waals surface area contributed by atoms with Crippen LogP contribution in [0.3, 0.4) is 0 Å². The van der Waals surface area contributed by atoms with E-state index in [1.807, 2.05) is 18.7 Å². The summed E-state index contributed by atoms with van der Waals surface area (Å²) in [5.74, 6) is -1.37. The molecule has 3 aliphatic rings. The molecule has 0 saturated carbocycles. The fraction of sp³-hybridized carbons (Fsp3) is 0.440. The maximum Gasteiger partial charge on any atom is 0.262 e. The van der Waals surface area contributed by atoms with Crippen molar-refractivity contribution in [3.63, 3.8) is 0 Å². The molecule has 2 amide bonds. The van der Waals surface area contributed by atoms with Crippen molar-refractivity contribution in [2.75, 3.05) is 43.4 Å². The van der Waals surface area contributed by atoms with E-state index in [0.29, 0.717) is 13.0 Å². The first-order chi connectivity index (χ1) is 17.1. The third-order valence-electron chi connectivity index (χ3n) is 7.15. The molecule has 0 aliphatic carbocycles. The lowest BCUT2D eigenvalue weighted by molar-refractivity contribution is -0.128. The quantitative estimate of drug-likeness (QED) is 0.612. The average molecular weight is 497 g/mol. The lowest BCUT2D eigenvalue weighted by Crippen LogP contribution is -2.57. The van der Waals surface area contributed by atoms with Crippen molar-refractivity contribution < 1.29 is 23.8 Å². The van der Waals surface area contributed by atoms with Gasteiger partial charge in [-0.25, -0.2) is 14.4 Å². The first-order valence-corrected chi connectivity index (χ1v) is 11.9. The van der Waals surface area contributed by atoms with Crippen molar-refractivity contribution >= 4 is 23.5 Å². The standard InChI is InChI=1S/C25H29FN6O4/c1-4-17(34)30-8-9-31-14(11-30)13-36-21-18(24(31)35)23(32-12-15(33)10-25(32,2)3)29-20(19(21)26)16-6-5-7-28-22(16)27/h4-7,14-15,33H,1,8-13H2,2-3H3,(H2,27,28)/t14-,15?/m1/s1. The Kier molecular flexibility index (Phi) is 5.82. The van der Waals surface area contributed by atoms with Gasteiger partial charge in [0.05, 0.1) is 12.1 Å². The predicted octanol–water partition coefficient (Wildman–Crippen LogP) is 1.45. The van der Waals surface area contributed by atoms with Gasteiger partial charge in [-0.2, -0.15) is 0 Å². The van der Waals surface area contributed by atoms with Crippen LogP contribution < -0.4 is 15.4 Å². The minimum Gasteiger partial charge on any atom is -0.487 e. The highest BCUT2D eigenvalue weighted by atomic mass is 19.1. The number of rotatable bonds is 3. The monoisotopic (exact) mass is 496 g/mol. The van der Waals surface area contributed by atoms with Crippen LogP contribution in [0.1, 0.15) is 30.6 Å². The summed E-state index contributed by atoms with van der Waals surface area (Å²) in [5, 5.41) is 10.5. The molecule has 5 rings (SSSR count). The van der Waals surface area contributed by atoms with E-state index in [2.05, 4.69) is 16.5 Å². The first-order valence-electron chi connectivity index (χ1n) is 11.9. The van der Waals surface area contributed by atoms with Crippen LogP contribution >= 0.6 is 0 Å². The molecule has 0 aromatic carbocycles. The molecular weight excluding hydrogens is 467 g/mol. The third-order valence-corrected chi connectivity index (χ3v) is 7.15. The third kappa shape index (κ3) is 3.83. The fourth-order valence-electron chi connectivity index (χ4n) is 5.35. The minimum atomic E-state index is -0.807. The van der Waals surface area contributed by atoms with Crippen molar-refractivity contribution in [2.45, 2.75) is 38.0 Å². The zero-order chi connectivity index (χ0) is 25.8. The van der Waals surface area contributed by atoms with E-state index in [-0.39, 0.29) is 66.4 Å². The summed E-state index contributed by atoms with van der Waals surface area (Å²) in [6.07, 6.45) is 2.54. The van der Waals surface area contributed by atoms with Crippen molar-refractivity contribution in [2.24, 2.45) is 0 Å². The summed E-state index contributed by atoms with van der Waals surface area (Å²) < 4.78 is 22.0. The number of aromatic nitrogens is 2. The predicted molar refractivity (Wildman–Crippen MR) is 131 cm³/mol. The molecule has 0 radical (unpaired) electrons. The summed E-state index contributed by atoms with van der Waals surface area (Å²) in [6, 6.07) is 2.76. The first kappa shape index (κ1) is 24.0. The van der Waals surface area contributed by atoms with Crippen LogP contribution in [0.5, 0.6) is 5.75 Å². The number of hydrogen-bond acceptors (Lipinski definition) is 8. The van der Waals surface area contributed by atoms with Gasteiger partial charge in [0, 0.05) is 43.5 Å². The van der Waals surface area contributed by atoms with E-state index >= 15 is 4.39 Å². The van der Waals surface area contributed by atoms with Gasteiger partial charge >= 0.3 is 0 Å². The number of carbonyl (C=O) groups is 2. The largest absolute Gasteiger partial charge is 0.487 e. The normalized spacial score (nSPS) is 23.0. The van der Waals surface area contributed by atoms with Crippen LogP contribution in [0.2, 0.25) is 0 Å². The van der Waals surface area contributed by atoms with Crippen LogP contribution in [0.4, 0.5) is 16.0 Å². The van der Waals surface area contributed by atoms with Gasteiger partial charge in [0.2, 0.25) is 5.91 Å². The second kappa shape index (κ2) is 8.74. The van der Waals surface area contributed by atoms with E-state index in [0.717, 1.165) is 0 Å². The molecule has 2 fully saturated rings. The maximum absolute atomic E-state index is 16.1. The molecule has 2 aromatic heterocycles. The molecule has 11 heteroatoms. The van der Waals surface area contributed by atoms with E-state index in [1.165, 1.54) is 12.3 Å². The molecule has 0 bridgehead atoms. The second-order valence-corrected chi connectivity index (χ2v) is 9.97. The Hall–Kier alpha value is -3.73.